The van der Waals surface area contributed by atoms with Gasteiger partial charge < -0.3 is 10.6 Å². The van der Waals surface area contributed by atoms with Crippen LogP contribution in [-0.2, 0) is 11.3 Å². The number of rotatable bonds is 7. The number of nitrogens with two attached hydrogens (primary N) is 1. The second kappa shape index (κ2) is 8.03. The zero-order chi connectivity index (χ0) is 16.0. The summed E-state index contributed by atoms with van der Waals surface area (Å²) in [7, 11) is 0. The van der Waals surface area contributed by atoms with Crippen molar-refractivity contribution in [1.29, 1.82) is 0 Å². The smallest absolute Gasteiger partial charge is 0.239 e. The molecule has 0 radical (unpaired) electrons. The Morgan fingerprint density at radius 3 is 2.05 bits per heavy atom. The van der Waals surface area contributed by atoms with E-state index in [1.165, 1.54) is 5.56 Å². The van der Waals surface area contributed by atoms with Crippen molar-refractivity contribution >= 4 is 11.6 Å². The Morgan fingerprint density at radius 2 is 1.62 bits per heavy atom. The first-order valence-corrected chi connectivity index (χ1v) is 7.79. The van der Waals surface area contributed by atoms with Crippen molar-refractivity contribution in [2.45, 2.75) is 53.2 Å². The Labute approximate surface area is 128 Å². The third-order valence-corrected chi connectivity index (χ3v) is 3.94. The van der Waals surface area contributed by atoms with Crippen molar-refractivity contribution in [1.82, 2.24) is 9.80 Å². The maximum Gasteiger partial charge on any atom is 0.239 e. The van der Waals surface area contributed by atoms with Crippen LogP contribution in [0.5, 0.6) is 0 Å². The van der Waals surface area contributed by atoms with Gasteiger partial charge in [-0.2, -0.15) is 0 Å². The van der Waals surface area contributed by atoms with Gasteiger partial charge in [0.25, 0.3) is 0 Å². The van der Waals surface area contributed by atoms with Crippen LogP contribution in [-0.4, -0.2) is 40.9 Å². The monoisotopic (exact) mass is 291 g/mol. The number of benzene rings is 1. The van der Waals surface area contributed by atoms with Gasteiger partial charge in [0, 0.05) is 31.4 Å². The Bertz CT molecular complexity index is 438. The summed E-state index contributed by atoms with van der Waals surface area (Å²) in [6, 6.07) is 8.05. The Kier molecular flexibility index (Phi) is 6.69. The lowest BCUT2D eigenvalue weighted by atomic mass is 10.1. The molecule has 1 atom stereocenters. The van der Waals surface area contributed by atoms with Crippen molar-refractivity contribution in [2.75, 3.05) is 18.8 Å². The number of nitrogen functional groups attached to an aromatic ring is 1. The summed E-state index contributed by atoms with van der Waals surface area (Å²) in [5.41, 5.74) is 7.67. The van der Waals surface area contributed by atoms with Crippen LogP contribution in [0.25, 0.3) is 0 Å². The number of amides is 1. The summed E-state index contributed by atoms with van der Waals surface area (Å²) in [6.45, 7) is 12.6. The summed E-state index contributed by atoms with van der Waals surface area (Å²) in [4.78, 5) is 16.7. The molecule has 1 aromatic carbocycles. The van der Waals surface area contributed by atoms with Crippen LogP contribution in [0.4, 0.5) is 5.69 Å². The first-order valence-electron chi connectivity index (χ1n) is 7.79. The molecule has 2 N–H and O–H groups in total. The van der Waals surface area contributed by atoms with E-state index in [0.29, 0.717) is 6.04 Å². The van der Waals surface area contributed by atoms with E-state index < -0.39 is 0 Å². The van der Waals surface area contributed by atoms with E-state index >= 15 is 0 Å². The summed E-state index contributed by atoms with van der Waals surface area (Å²) in [5.74, 6) is 0.198. The number of likely N-dealkylation sites (N-methyl/N-ethyl adjacent to an activating group) is 1. The van der Waals surface area contributed by atoms with Gasteiger partial charge in [0.1, 0.15) is 0 Å². The highest BCUT2D eigenvalue weighted by atomic mass is 16.2. The van der Waals surface area contributed by atoms with Crippen molar-refractivity contribution in [3.05, 3.63) is 29.8 Å². The van der Waals surface area contributed by atoms with E-state index in [1.807, 2.05) is 49.9 Å². The third-order valence-electron chi connectivity index (χ3n) is 3.94. The summed E-state index contributed by atoms with van der Waals surface area (Å²) >= 11 is 0. The lowest BCUT2D eigenvalue weighted by molar-refractivity contribution is -0.137. The van der Waals surface area contributed by atoms with Crippen LogP contribution in [0.2, 0.25) is 0 Å². The van der Waals surface area contributed by atoms with E-state index in [0.717, 1.165) is 25.3 Å². The van der Waals surface area contributed by atoms with Crippen molar-refractivity contribution in [3.8, 4) is 0 Å². The third kappa shape index (κ3) is 4.74. The van der Waals surface area contributed by atoms with Gasteiger partial charge in [-0.1, -0.05) is 12.1 Å². The van der Waals surface area contributed by atoms with Crippen molar-refractivity contribution in [3.63, 3.8) is 0 Å². The predicted octanol–water partition coefficient (Wildman–Crippen LogP) is 2.74. The van der Waals surface area contributed by atoms with Gasteiger partial charge in [0.15, 0.2) is 0 Å². The van der Waals surface area contributed by atoms with Crippen LogP contribution in [0, 0.1) is 0 Å². The highest BCUT2D eigenvalue weighted by molar-refractivity contribution is 5.81. The number of nitrogens with zero attached hydrogens (tertiary/aromatic N) is 2. The number of hydrogen-bond donors (Lipinski definition) is 1. The molecular weight excluding hydrogens is 262 g/mol. The highest BCUT2D eigenvalue weighted by Crippen LogP contribution is 2.15. The average molecular weight is 291 g/mol. The molecule has 118 valence electrons. The molecule has 0 aliphatic heterocycles. The summed E-state index contributed by atoms with van der Waals surface area (Å²) in [5, 5.41) is 0. The molecule has 0 bridgehead atoms. The molecule has 1 amide bonds. The minimum absolute atomic E-state index is 0.123. The van der Waals surface area contributed by atoms with E-state index in [-0.39, 0.29) is 11.9 Å². The minimum atomic E-state index is -0.123. The van der Waals surface area contributed by atoms with E-state index in [1.54, 1.807) is 0 Å². The fourth-order valence-electron chi connectivity index (χ4n) is 2.54. The maximum absolute atomic E-state index is 12.6. The summed E-state index contributed by atoms with van der Waals surface area (Å²) < 4.78 is 0. The van der Waals surface area contributed by atoms with Crippen LogP contribution in [0.3, 0.4) is 0 Å². The molecule has 0 aromatic heterocycles. The van der Waals surface area contributed by atoms with Gasteiger partial charge in [-0.3, -0.25) is 9.69 Å². The first kappa shape index (κ1) is 17.5. The fourth-order valence-corrected chi connectivity index (χ4v) is 2.54. The molecule has 0 aliphatic rings. The Balaban J connectivity index is 2.85. The lowest BCUT2D eigenvalue weighted by Gasteiger charge is -2.34. The first-order chi connectivity index (χ1) is 9.90. The molecule has 0 fully saturated rings. The zero-order valence-electron chi connectivity index (χ0n) is 14.0. The van der Waals surface area contributed by atoms with Gasteiger partial charge in [-0.15, -0.1) is 0 Å². The van der Waals surface area contributed by atoms with Gasteiger partial charge in [-0.25, -0.2) is 0 Å². The molecule has 0 saturated heterocycles. The number of carbonyl (C=O) groups excluding carboxylic acids is 1. The molecule has 4 nitrogen and oxygen atoms in total. The maximum atomic E-state index is 12.6. The standard InChI is InChI=1S/C17H29N3O/c1-6-19(7-2)17(21)14(5)20(13(3)4)12-15-8-10-16(18)11-9-15/h8-11,13-14H,6-7,12,18H2,1-5H3. The van der Waals surface area contributed by atoms with E-state index in [4.69, 9.17) is 5.73 Å². The highest BCUT2D eigenvalue weighted by Gasteiger charge is 2.26. The Hall–Kier alpha value is -1.55. The van der Waals surface area contributed by atoms with Gasteiger partial charge in [0.05, 0.1) is 6.04 Å². The second-order valence-electron chi connectivity index (χ2n) is 5.69. The lowest BCUT2D eigenvalue weighted by Crippen LogP contribution is -2.49. The van der Waals surface area contributed by atoms with E-state index in [2.05, 4.69) is 18.7 Å². The molecule has 0 spiro atoms. The van der Waals surface area contributed by atoms with Gasteiger partial charge >= 0.3 is 0 Å². The molecule has 4 heteroatoms. The Morgan fingerprint density at radius 1 is 1.10 bits per heavy atom. The quantitative estimate of drug-likeness (QED) is 0.786. The molecule has 0 saturated carbocycles. The predicted molar refractivity (Wildman–Crippen MR) is 88.9 cm³/mol. The van der Waals surface area contributed by atoms with Crippen LogP contribution >= 0.6 is 0 Å². The molecule has 1 unspecified atom stereocenters. The molecule has 1 rings (SSSR count). The minimum Gasteiger partial charge on any atom is -0.399 e. The summed E-state index contributed by atoms with van der Waals surface area (Å²) in [6.07, 6.45) is 0. The van der Waals surface area contributed by atoms with Crippen molar-refractivity contribution < 1.29 is 4.79 Å². The number of anilines is 1. The average Bonchev–Trinajstić information content (AvgIpc) is 2.46. The molecular formula is C17H29N3O. The fraction of sp³-hybridized carbons (Fsp3) is 0.588. The van der Waals surface area contributed by atoms with Gasteiger partial charge in [0.2, 0.25) is 5.91 Å². The molecule has 21 heavy (non-hydrogen) atoms. The SMILES string of the molecule is CCN(CC)C(=O)C(C)N(Cc1ccc(N)cc1)C(C)C. The topological polar surface area (TPSA) is 49.6 Å². The normalized spacial score (nSPS) is 12.7. The van der Waals surface area contributed by atoms with Crippen molar-refractivity contribution in [2.24, 2.45) is 0 Å². The van der Waals surface area contributed by atoms with Gasteiger partial charge in [-0.05, 0) is 52.3 Å². The number of hydrogen-bond acceptors (Lipinski definition) is 3. The largest absolute Gasteiger partial charge is 0.399 e. The second-order valence-corrected chi connectivity index (χ2v) is 5.69. The molecule has 0 aliphatic carbocycles. The van der Waals surface area contributed by atoms with Crippen LogP contribution in [0.15, 0.2) is 24.3 Å². The zero-order valence-corrected chi connectivity index (χ0v) is 14.0. The molecule has 0 heterocycles. The van der Waals surface area contributed by atoms with Crippen LogP contribution < -0.4 is 5.73 Å². The van der Waals surface area contributed by atoms with Crippen LogP contribution in [0.1, 0.15) is 40.2 Å². The number of carbonyl (C=O) groups is 1. The van der Waals surface area contributed by atoms with E-state index in [9.17, 15) is 4.79 Å². The molecule has 1 aromatic rings.